The Labute approximate surface area is 105 Å². The molecule has 1 aromatic carbocycles. The number of nitrogens with zero attached hydrogens (tertiary/aromatic N) is 1. The Kier molecular flexibility index (Phi) is 3.62. The van der Waals surface area contributed by atoms with Gasteiger partial charge in [-0.2, -0.15) is 0 Å². The van der Waals surface area contributed by atoms with Crippen molar-refractivity contribution in [2.75, 3.05) is 7.11 Å². The molecular weight excluding hydrogens is 232 g/mol. The van der Waals surface area contributed by atoms with E-state index in [0.717, 1.165) is 11.3 Å². The van der Waals surface area contributed by atoms with Gasteiger partial charge in [-0.25, -0.2) is 0 Å². The topological polar surface area (TPSA) is 64.4 Å². The molecule has 0 bridgehead atoms. The van der Waals surface area contributed by atoms with Gasteiger partial charge in [-0.15, -0.1) is 0 Å². The molecule has 0 spiro atoms. The molecule has 0 atom stereocenters. The summed E-state index contributed by atoms with van der Waals surface area (Å²) < 4.78 is 9.90. The van der Waals surface area contributed by atoms with Gasteiger partial charge in [0.25, 0.3) is 5.91 Å². The molecular formula is C13H14N2O3. The minimum absolute atomic E-state index is 0.190. The summed E-state index contributed by atoms with van der Waals surface area (Å²) in [5.74, 6) is 1.12. The van der Waals surface area contributed by atoms with E-state index in [1.807, 2.05) is 24.3 Å². The van der Waals surface area contributed by atoms with Gasteiger partial charge < -0.3 is 14.6 Å². The fourth-order valence-corrected chi connectivity index (χ4v) is 1.54. The maximum absolute atomic E-state index is 11.8. The van der Waals surface area contributed by atoms with E-state index >= 15 is 0 Å². The molecule has 0 aliphatic carbocycles. The lowest BCUT2D eigenvalue weighted by molar-refractivity contribution is 0.0949. The summed E-state index contributed by atoms with van der Waals surface area (Å²) in [6.45, 7) is 2.16. The molecule has 2 aromatic rings. The number of aromatic nitrogens is 1. The van der Waals surface area contributed by atoms with Crippen molar-refractivity contribution < 1.29 is 14.1 Å². The molecule has 5 heteroatoms. The predicted octanol–water partition coefficient (Wildman–Crippen LogP) is 1.92. The van der Waals surface area contributed by atoms with Crippen LogP contribution < -0.4 is 10.1 Å². The number of carbonyl (C=O) groups is 1. The van der Waals surface area contributed by atoms with Crippen LogP contribution in [0.2, 0.25) is 0 Å². The summed E-state index contributed by atoms with van der Waals surface area (Å²) in [4.78, 5) is 11.8. The third-order valence-electron chi connectivity index (χ3n) is 2.61. The number of ether oxygens (including phenoxy) is 1. The fraction of sp³-hybridized carbons (Fsp3) is 0.231. The lowest BCUT2D eigenvalue weighted by Gasteiger charge is -2.05. The zero-order valence-corrected chi connectivity index (χ0v) is 10.3. The summed E-state index contributed by atoms with van der Waals surface area (Å²) in [6.07, 6.45) is 1.42. The highest BCUT2D eigenvalue weighted by Gasteiger charge is 2.11. The zero-order chi connectivity index (χ0) is 13.0. The summed E-state index contributed by atoms with van der Waals surface area (Å²) >= 11 is 0. The minimum Gasteiger partial charge on any atom is -0.497 e. The lowest BCUT2D eigenvalue weighted by atomic mass is 10.2. The van der Waals surface area contributed by atoms with E-state index in [1.165, 1.54) is 6.20 Å². The van der Waals surface area contributed by atoms with Gasteiger partial charge in [-0.1, -0.05) is 17.3 Å². The Bertz CT molecular complexity index is 531. The van der Waals surface area contributed by atoms with Crippen LogP contribution in [-0.4, -0.2) is 18.2 Å². The second kappa shape index (κ2) is 5.35. The largest absolute Gasteiger partial charge is 0.497 e. The molecule has 18 heavy (non-hydrogen) atoms. The van der Waals surface area contributed by atoms with Gasteiger partial charge >= 0.3 is 0 Å². The average Bonchev–Trinajstić information content (AvgIpc) is 2.83. The van der Waals surface area contributed by atoms with Crippen LogP contribution in [0.15, 0.2) is 35.0 Å². The van der Waals surface area contributed by atoms with E-state index in [4.69, 9.17) is 9.26 Å². The normalized spacial score (nSPS) is 10.1. The van der Waals surface area contributed by atoms with E-state index in [2.05, 4.69) is 10.5 Å². The fourth-order valence-electron chi connectivity index (χ4n) is 1.54. The Balaban J connectivity index is 1.95. The van der Waals surface area contributed by atoms with Gasteiger partial charge in [0.2, 0.25) is 0 Å². The smallest absolute Gasteiger partial charge is 0.256 e. The maximum atomic E-state index is 11.8. The molecule has 0 unspecified atom stereocenters. The number of methoxy groups -OCH3 is 1. The SMILES string of the molecule is COc1ccc(CNC(=O)c2cnoc2C)cc1. The molecule has 1 N–H and O–H groups in total. The second-order valence-corrected chi connectivity index (χ2v) is 3.83. The third kappa shape index (κ3) is 2.68. The van der Waals surface area contributed by atoms with Gasteiger partial charge in [0.15, 0.2) is 0 Å². The van der Waals surface area contributed by atoms with Crippen molar-refractivity contribution in [2.24, 2.45) is 0 Å². The number of nitrogens with one attached hydrogen (secondary N) is 1. The molecule has 2 rings (SSSR count). The molecule has 0 saturated carbocycles. The van der Waals surface area contributed by atoms with Crippen LogP contribution in [0.25, 0.3) is 0 Å². The first-order chi connectivity index (χ1) is 8.70. The van der Waals surface area contributed by atoms with E-state index in [-0.39, 0.29) is 5.91 Å². The number of amides is 1. The number of benzene rings is 1. The van der Waals surface area contributed by atoms with Crippen molar-refractivity contribution in [3.8, 4) is 5.75 Å². The van der Waals surface area contributed by atoms with Crippen molar-refractivity contribution in [1.29, 1.82) is 0 Å². The third-order valence-corrected chi connectivity index (χ3v) is 2.61. The summed E-state index contributed by atoms with van der Waals surface area (Å²) in [5.41, 5.74) is 1.46. The van der Waals surface area contributed by atoms with Gasteiger partial charge in [0.1, 0.15) is 17.1 Å². The Morgan fingerprint density at radius 3 is 2.67 bits per heavy atom. The van der Waals surface area contributed by atoms with E-state index < -0.39 is 0 Å². The van der Waals surface area contributed by atoms with Gasteiger partial charge in [-0.3, -0.25) is 4.79 Å². The van der Waals surface area contributed by atoms with Crippen molar-refractivity contribution in [2.45, 2.75) is 13.5 Å². The van der Waals surface area contributed by atoms with Crippen LogP contribution in [0, 0.1) is 6.92 Å². The van der Waals surface area contributed by atoms with Gasteiger partial charge in [-0.05, 0) is 24.6 Å². The van der Waals surface area contributed by atoms with Crippen molar-refractivity contribution >= 4 is 5.91 Å². The maximum Gasteiger partial charge on any atom is 0.256 e. The van der Waals surface area contributed by atoms with Crippen molar-refractivity contribution in [3.05, 3.63) is 47.3 Å². The highest BCUT2D eigenvalue weighted by atomic mass is 16.5. The molecule has 0 aliphatic rings. The minimum atomic E-state index is -0.190. The average molecular weight is 246 g/mol. The molecule has 0 saturated heterocycles. The van der Waals surface area contributed by atoms with Crippen LogP contribution >= 0.6 is 0 Å². The van der Waals surface area contributed by atoms with Crippen molar-refractivity contribution in [1.82, 2.24) is 10.5 Å². The molecule has 0 radical (unpaired) electrons. The summed E-state index contributed by atoms with van der Waals surface area (Å²) in [5, 5.41) is 6.37. The van der Waals surface area contributed by atoms with Crippen LogP contribution in [0.3, 0.4) is 0 Å². The quantitative estimate of drug-likeness (QED) is 0.895. The van der Waals surface area contributed by atoms with Crippen LogP contribution in [0.1, 0.15) is 21.7 Å². The second-order valence-electron chi connectivity index (χ2n) is 3.83. The molecule has 1 aromatic heterocycles. The van der Waals surface area contributed by atoms with E-state index in [9.17, 15) is 4.79 Å². The molecule has 94 valence electrons. The standard InChI is InChI=1S/C13H14N2O3/c1-9-12(8-15-18-9)13(16)14-7-10-3-5-11(17-2)6-4-10/h3-6,8H,7H2,1-2H3,(H,14,16). The number of hydrogen-bond donors (Lipinski definition) is 1. The first-order valence-electron chi connectivity index (χ1n) is 5.53. The zero-order valence-electron chi connectivity index (χ0n) is 10.3. The number of hydrogen-bond acceptors (Lipinski definition) is 4. The highest BCUT2D eigenvalue weighted by Crippen LogP contribution is 2.11. The molecule has 5 nitrogen and oxygen atoms in total. The number of carbonyl (C=O) groups excluding carboxylic acids is 1. The lowest BCUT2D eigenvalue weighted by Crippen LogP contribution is -2.22. The first kappa shape index (κ1) is 12.2. The van der Waals surface area contributed by atoms with Crippen molar-refractivity contribution in [3.63, 3.8) is 0 Å². The van der Waals surface area contributed by atoms with E-state index in [1.54, 1.807) is 14.0 Å². The van der Waals surface area contributed by atoms with Crippen LogP contribution in [0.4, 0.5) is 0 Å². The van der Waals surface area contributed by atoms with Crippen LogP contribution in [-0.2, 0) is 6.54 Å². The number of rotatable bonds is 4. The Morgan fingerprint density at radius 2 is 2.11 bits per heavy atom. The first-order valence-corrected chi connectivity index (χ1v) is 5.53. The molecule has 0 aliphatic heterocycles. The Hall–Kier alpha value is -2.30. The van der Waals surface area contributed by atoms with Crippen LogP contribution in [0.5, 0.6) is 5.75 Å². The van der Waals surface area contributed by atoms with Gasteiger partial charge in [0, 0.05) is 6.54 Å². The highest BCUT2D eigenvalue weighted by molar-refractivity contribution is 5.94. The monoisotopic (exact) mass is 246 g/mol. The molecule has 1 amide bonds. The van der Waals surface area contributed by atoms with Gasteiger partial charge in [0.05, 0.1) is 13.3 Å². The molecule has 1 heterocycles. The number of aryl methyl sites for hydroxylation is 1. The summed E-state index contributed by atoms with van der Waals surface area (Å²) in [7, 11) is 1.62. The van der Waals surface area contributed by atoms with E-state index in [0.29, 0.717) is 17.9 Å². The summed E-state index contributed by atoms with van der Waals surface area (Å²) in [6, 6.07) is 7.51. The molecule has 0 fully saturated rings. The predicted molar refractivity (Wildman–Crippen MR) is 65.4 cm³/mol. The Morgan fingerprint density at radius 1 is 1.39 bits per heavy atom.